The topological polar surface area (TPSA) is 32.6 Å². The molecule has 0 bridgehead atoms. The van der Waals surface area contributed by atoms with Gasteiger partial charge in [0, 0.05) is 5.56 Å². The van der Waals surface area contributed by atoms with Crippen molar-refractivity contribution in [2.75, 3.05) is 0 Å². The summed E-state index contributed by atoms with van der Waals surface area (Å²) in [5.74, 6) is 0. The molecule has 1 aromatic rings. The van der Waals surface area contributed by atoms with Crippen molar-refractivity contribution in [2.45, 2.75) is 20.8 Å². The van der Waals surface area contributed by atoms with Gasteiger partial charge in [-0.05, 0) is 31.9 Å². The third kappa shape index (κ3) is 1.64. The summed E-state index contributed by atoms with van der Waals surface area (Å²) in [6.07, 6.45) is 1.48. The fraction of sp³-hybridized carbons (Fsp3) is 0.300. The number of rotatable bonds is 1. The number of nitrogens with zero attached hydrogens (tertiary/aromatic N) is 1. The Bertz CT molecular complexity index is 293. The van der Waals surface area contributed by atoms with E-state index in [2.05, 4.69) is 24.2 Å². The van der Waals surface area contributed by atoms with Crippen molar-refractivity contribution in [3.63, 3.8) is 0 Å². The van der Waals surface area contributed by atoms with Gasteiger partial charge in [0.1, 0.15) is 0 Å². The van der Waals surface area contributed by atoms with Gasteiger partial charge in [-0.25, -0.2) is 0 Å². The first-order valence-electron chi connectivity index (χ1n) is 3.90. The normalized spacial score (nSPS) is 10.9. The predicted octanol–water partition coefficient (Wildman–Crippen LogP) is 2.42. The van der Waals surface area contributed by atoms with E-state index in [1.165, 1.54) is 11.8 Å². The van der Waals surface area contributed by atoms with Crippen LogP contribution in [0, 0.1) is 20.8 Å². The highest BCUT2D eigenvalue weighted by Crippen LogP contribution is 2.13. The van der Waals surface area contributed by atoms with Gasteiger partial charge in [-0.2, -0.15) is 0 Å². The molecule has 0 aliphatic rings. The Labute approximate surface area is 72.5 Å². The van der Waals surface area contributed by atoms with Gasteiger partial charge in [0.25, 0.3) is 0 Å². The average molecular weight is 163 g/mol. The Morgan fingerprint density at radius 3 is 2.08 bits per heavy atom. The second-order valence-electron chi connectivity index (χ2n) is 3.06. The molecule has 0 heterocycles. The highest BCUT2D eigenvalue weighted by atomic mass is 16.4. The van der Waals surface area contributed by atoms with Crippen LogP contribution in [0.2, 0.25) is 0 Å². The molecule has 0 amide bonds. The first-order valence-corrected chi connectivity index (χ1v) is 3.90. The summed E-state index contributed by atoms with van der Waals surface area (Å²) in [4.78, 5) is 0. The Kier molecular flexibility index (Phi) is 2.48. The van der Waals surface area contributed by atoms with Gasteiger partial charge in [0.15, 0.2) is 0 Å². The summed E-state index contributed by atoms with van der Waals surface area (Å²) in [6.45, 7) is 6.08. The molecule has 2 heteroatoms. The molecule has 0 saturated carbocycles. The molecular weight excluding hydrogens is 150 g/mol. The van der Waals surface area contributed by atoms with Crippen LogP contribution in [0.1, 0.15) is 22.3 Å². The molecule has 0 radical (unpaired) electrons. The molecule has 2 nitrogen and oxygen atoms in total. The summed E-state index contributed by atoms with van der Waals surface area (Å²) >= 11 is 0. The third-order valence-electron chi connectivity index (χ3n) is 1.92. The zero-order valence-electron chi connectivity index (χ0n) is 7.63. The van der Waals surface area contributed by atoms with E-state index in [1.807, 2.05) is 13.8 Å². The quantitative estimate of drug-likeness (QED) is 0.385. The van der Waals surface area contributed by atoms with Crippen LogP contribution in [0.5, 0.6) is 0 Å². The van der Waals surface area contributed by atoms with Crippen LogP contribution >= 0.6 is 0 Å². The molecule has 12 heavy (non-hydrogen) atoms. The van der Waals surface area contributed by atoms with Gasteiger partial charge in [-0.1, -0.05) is 22.9 Å². The summed E-state index contributed by atoms with van der Waals surface area (Å²) in [5.41, 5.74) is 4.53. The fourth-order valence-corrected chi connectivity index (χ4v) is 1.45. The maximum atomic E-state index is 8.41. The number of hydrogen-bond donors (Lipinski definition) is 1. The van der Waals surface area contributed by atoms with Crippen molar-refractivity contribution >= 4 is 6.21 Å². The Morgan fingerprint density at radius 1 is 1.17 bits per heavy atom. The Balaban J connectivity index is 3.28. The molecule has 0 spiro atoms. The van der Waals surface area contributed by atoms with E-state index >= 15 is 0 Å². The van der Waals surface area contributed by atoms with Gasteiger partial charge in [0.2, 0.25) is 0 Å². The number of hydrogen-bond acceptors (Lipinski definition) is 2. The lowest BCUT2D eigenvalue weighted by Crippen LogP contribution is -1.93. The van der Waals surface area contributed by atoms with Crippen LogP contribution in [0.3, 0.4) is 0 Å². The molecule has 64 valence electrons. The van der Waals surface area contributed by atoms with Crippen LogP contribution in [-0.2, 0) is 0 Å². The van der Waals surface area contributed by atoms with Crippen molar-refractivity contribution < 1.29 is 5.21 Å². The van der Waals surface area contributed by atoms with Crippen molar-refractivity contribution in [2.24, 2.45) is 5.16 Å². The summed E-state index contributed by atoms with van der Waals surface area (Å²) in [5, 5.41) is 11.4. The maximum Gasteiger partial charge on any atom is 0.0739 e. The van der Waals surface area contributed by atoms with E-state index in [4.69, 9.17) is 5.21 Å². The van der Waals surface area contributed by atoms with E-state index < -0.39 is 0 Å². The van der Waals surface area contributed by atoms with Crippen molar-refractivity contribution in [3.05, 3.63) is 34.4 Å². The predicted molar refractivity (Wildman–Crippen MR) is 50.0 cm³/mol. The molecule has 1 aromatic carbocycles. The molecule has 0 unspecified atom stereocenters. The molecule has 0 fully saturated rings. The van der Waals surface area contributed by atoms with Crippen LogP contribution in [0.15, 0.2) is 17.3 Å². The number of oxime groups is 1. The SMILES string of the molecule is Cc1cc(C)c(/C=N\O)c(C)c1. The second-order valence-corrected chi connectivity index (χ2v) is 3.06. The van der Waals surface area contributed by atoms with Gasteiger partial charge < -0.3 is 5.21 Å². The smallest absolute Gasteiger partial charge is 0.0739 e. The third-order valence-corrected chi connectivity index (χ3v) is 1.92. The average Bonchev–Trinajstić information content (AvgIpc) is 1.96. The first kappa shape index (κ1) is 8.78. The van der Waals surface area contributed by atoms with Gasteiger partial charge in [-0.3, -0.25) is 0 Å². The van der Waals surface area contributed by atoms with Crippen LogP contribution < -0.4 is 0 Å². The van der Waals surface area contributed by atoms with Crippen LogP contribution in [-0.4, -0.2) is 11.4 Å². The molecule has 1 N–H and O–H groups in total. The lowest BCUT2D eigenvalue weighted by atomic mass is 10.0. The molecule has 0 aliphatic carbocycles. The van der Waals surface area contributed by atoms with Gasteiger partial charge in [0.05, 0.1) is 6.21 Å². The van der Waals surface area contributed by atoms with E-state index in [-0.39, 0.29) is 0 Å². The lowest BCUT2D eigenvalue weighted by Gasteiger charge is -2.05. The van der Waals surface area contributed by atoms with Crippen LogP contribution in [0.4, 0.5) is 0 Å². The lowest BCUT2D eigenvalue weighted by molar-refractivity contribution is 0.322. The molecule has 0 atom stereocenters. The van der Waals surface area contributed by atoms with E-state index in [0.29, 0.717) is 0 Å². The maximum absolute atomic E-state index is 8.41. The molecular formula is C10H13NO. The molecule has 1 rings (SSSR count). The Morgan fingerprint density at radius 2 is 1.67 bits per heavy atom. The highest BCUT2D eigenvalue weighted by molar-refractivity contribution is 5.83. The minimum atomic E-state index is 1.00. The minimum Gasteiger partial charge on any atom is -0.411 e. The summed E-state index contributed by atoms with van der Waals surface area (Å²) in [7, 11) is 0. The van der Waals surface area contributed by atoms with Gasteiger partial charge >= 0.3 is 0 Å². The Hall–Kier alpha value is -1.31. The second kappa shape index (κ2) is 3.39. The van der Waals surface area contributed by atoms with Crippen LogP contribution in [0.25, 0.3) is 0 Å². The van der Waals surface area contributed by atoms with Gasteiger partial charge in [-0.15, -0.1) is 0 Å². The van der Waals surface area contributed by atoms with E-state index in [0.717, 1.165) is 16.7 Å². The number of benzene rings is 1. The monoisotopic (exact) mass is 163 g/mol. The van der Waals surface area contributed by atoms with Crippen molar-refractivity contribution in [1.82, 2.24) is 0 Å². The number of aryl methyl sites for hydroxylation is 3. The molecule has 0 aliphatic heterocycles. The first-order chi connectivity index (χ1) is 5.65. The summed E-state index contributed by atoms with van der Waals surface area (Å²) in [6, 6.07) is 4.15. The fourth-order valence-electron chi connectivity index (χ4n) is 1.45. The standard InChI is InChI=1S/C10H13NO/c1-7-4-8(2)10(6-11-12)9(3)5-7/h4-6,12H,1-3H3/b11-6-. The summed E-state index contributed by atoms with van der Waals surface area (Å²) < 4.78 is 0. The molecule has 0 aromatic heterocycles. The van der Waals surface area contributed by atoms with Crippen molar-refractivity contribution in [1.29, 1.82) is 0 Å². The minimum absolute atomic E-state index is 1.00. The zero-order chi connectivity index (χ0) is 9.14. The van der Waals surface area contributed by atoms with E-state index in [1.54, 1.807) is 0 Å². The van der Waals surface area contributed by atoms with E-state index in [9.17, 15) is 0 Å². The molecule has 0 saturated heterocycles. The van der Waals surface area contributed by atoms with Crippen molar-refractivity contribution in [3.8, 4) is 0 Å². The highest BCUT2D eigenvalue weighted by Gasteiger charge is 2.00. The zero-order valence-corrected chi connectivity index (χ0v) is 7.63. The largest absolute Gasteiger partial charge is 0.411 e.